The molecule has 0 aliphatic heterocycles. The van der Waals surface area contributed by atoms with Gasteiger partial charge >= 0.3 is 0 Å². The molecule has 8 heteroatoms. The van der Waals surface area contributed by atoms with Crippen molar-refractivity contribution in [1.82, 2.24) is 14.0 Å². The second-order valence-corrected chi connectivity index (χ2v) is 7.33. The van der Waals surface area contributed by atoms with Crippen LogP contribution >= 0.6 is 0 Å². The number of hydroxylamine groups is 2. The van der Waals surface area contributed by atoms with Crippen molar-refractivity contribution in [3.63, 3.8) is 0 Å². The molecule has 2 heterocycles. The van der Waals surface area contributed by atoms with E-state index in [-0.39, 0.29) is 22.7 Å². The summed E-state index contributed by atoms with van der Waals surface area (Å²) >= 11 is 0. The minimum atomic E-state index is -3.96. The summed E-state index contributed by atoms with van der Waals surface area (Å²) in [5.74, 6) is -0.535. The molecule has 0 saturated heterocycles. The van der Waals surface area contributed by atoms with Crippen LogP contribution in [0.25, 0.3) is 11.3 Å². The SMILES string of the molecule is CN(O)Cc1cc(-c2ccccc2F)n(S(=O)(=O)c2cccnc2)c1. The first kappa shape index (κ1) is 17.3. The molecule has 6 nitrogen and oxygen atoms in total. The average molecular weight is 361 g/mol. The summed E-state index contributed by atoms with van der Waals surface area (Å²) < 4.78 is 41.2. The molecule has 0 spiro atoms. The Morgan fingerprint density at radius 2 is 2.00 bits per heavy atom. The van der Waals surface area contributed by atoms with Crippen LogP contribution in [0.15, 0.2) is 66.0 Å². The summed E-state index contributed by atoms with van der Waals surface area (Å²) in [6.07, 6.45) is 4.08. The molecule has 0 unspecified atom stereocenters. The zero-order valence-electron chi connectivity index (χ0n) is 13.4. The van der Waals surface area contributed by atoms with Crippen LogP contribution in [0.5, 0.6) is 0 Å². The molecular formula is C17H16FN3O3S. The number of nitrogens with zero attached hydrogens (tertiary/aromatic N) is 3. The van der Waals surface area contributed by atoms with Gasteiger partial charge in [-0.3, -0.25) is 4.98 Å². The highest BCUT2D eigenvalue weighted by atomic mass is 32.2. The van der Waals surface area contributed by atoms with Crippen molar-refractivity contribution in [2.75, 3.05) is 7.05 Å². The predicted molar refractivity (Wildman–Crippen MR) is 89.9 cm³/mol. The van der Waals surface area contributed by atoms with E-state index >= 15 is 0 Å². The summed E-state index contributed by atoms with van der Waals surface area (Å²) in [7, 11) is -2.52. The fourth-order valence-corrected chi connectivity index (χ4v) is 3.88. The van der Waals surface area contributed by atoms with E-state index in [1.165, 1.54) is 56.0 Å². The third-order valence-corrected chi connectivity index (χ3v) is 5.25. The Morgan fingerprint density at radius 3 is 2.64 bits per heavy atom. The highest BCUT2D eigenvalue weighted by molar-refractivity contribution is 7.90. The minimum absolute atomic E-state index is 0.00732. The molecule has 130 valence electrons. The molecule has 1 aromatic carbocycles. The standard InChI is InChI=1S/C17H16FN3O3S/c1-20(22)11-13-9-17(15-6-2-3-7-16(15)18)21(12-13)25(23,24)14-5-4-8-19-10-14/h2-10,12,22H,11H2,1H3. The average Bonchev–Trinajstić information content (AvgIpc) is 2.99. The number of aromatic nitrogens is 2. The highest BCUT2D eigenvalue weighted by Crippen LogP contribution is 2.29. The topological polar surface area (TPSA) is 75.4 Å². The lowest BCUT2D eigenvalue weighted by Crippen LogP contribution is -2.14. The Labute approximate surface area is 144 Å². The number of halogens is 1. The lowest BCUT2D eigenvalue weighted by Gasteiger charge is -2.11. The van der Waals surface area contributed by atoms with Crippen LogP contribution in [0, 0.1) is 5.82 Å². The second-order valence-electron chi connectivity index (χ2n) is 5.52. The van der Waals surface area contributed by atoms with Gasteiger partial charge in [-0.25, -0.2) is 16.8 Å². The van der Waals surface area contributed by atoms with Gasteiger partial charge in [-0.2, -0.15) is 5.06 Å². The van der Waals surface area contributed by atoms with E-state index in [1.54, 1.807) is 12.1 Å². The number of pyridine rings is 1. The first-order valence-corrected chi connectivity index (χ1v) is 8.85. The third-order valence-electron chi connectivity index (χ3n) is 3.60. The maximum Gasteiger partial charge on any atom is 0.269 e. The van der Waals surface area contributed by atoms with Gasteiger partial charge in [0.25, 0.3) is 10.0 Å². The third kappa shape index (κ3) is 3.46. The fraction of sp³-hybridized carbons (Fsp3) is 0.118. The largest absolute Gasteiger partial charge is 0.314 e. The molecule has 3 aromatic rings. The molecule has 2 aromatic heterocycles. The lowest BCUT2D eigenvalue weighted by atomic mass is 10.1. The molecule has 3 rings (SSSR count). The normalized spacial score (nSPS) is 11.8. The van der Waals surface area contributed by atoms with Crippen molar-refractivity contribution < 1.29 is 18.0 Å². The van der Waals surface area contributed by atoms with E-state index in [1.807, 2.05) is 0 Å². The van der Waals surface area contributed by atoms with Crippen molar-refractivity contribution in [2.45, 2.75) is 11.4 Å². The molecule has 0 aliphatic carbocycles. The molecule has 1 N–H and O–H groups in total. The Hall–Kier alpha value is -2.55. The lowest BCUT2D eigenvalue weighted by molar-refractivity contribution is -0.0731. The molecule has 0 aliphatic rings. The van der Waals surface area contributed by atoms with Gasteiger partial charge in [-0.15, -0.1) is 0 Å². The summed E-state index contributed by atoms with van der Waals surface area (Å²) in [5, 5.41) is 10.4. The summed E-state index contributed by atoms with van der Waals surface area (Å²) in [5.41, 5.74) is 0.858. The first-order valence-electron chi connectivity index (χ1n) is 7.41. The Kier molecular flexibility index (Phi) is 4.67. The second kappa shape index (κ2) is 6.75. The van der Waals surface area contributed by atoms with Crippen molar-refractivity contribution in [3.8, 4) is 11.3 Å². The van der Waals surface area contributed by atoms with E-state index in [0.29, 0.717) is 5.56 Å². The van der Waals surface area contributed by atoms with Crippen LogP contribution in [-0.2, 0) is 16.6 Å². The Bertz CT molecular complexity index is 985. The van der Waals surface area contributed by atoms with Crippen molar-refractivity contribution in [3.05, 3.63) is 72.4 Å². The van der Waals surface area contributed by atoms with E-state index in [2.05, 4.69) is 4.98 Å². The quantitative estimate of drug-likeness (QED) is 0.707. The molecule has 0 bridgehead atoms. The molecule has 0 atom stereocenters. The van der Waals surface area contributed by atoms with Crippen LogP contribution in [0.4, 0.5) is 4.39 Å². The molecule has 0 amide bonds. The van der Waals surface area contributed by atoms with Gasteiger partial charge in [0.15, 0.2) is 0 Å². The number of benzene rings is 1. The number of hydrogen-bond acceptors (Lipinski definition) is 5. The van der Waals surface area contributed by atoms with Crippen LogP contribution in [0.3, 0.4) is 0 Å². The maximum absolute atomic E-state index is 14.2. The zero-order chi connectivity index (χ0) is 18.0. The first-order chi connectivity index (χ1) is 11.9. The van der Waals surface area contributed by atoms with Crippen LogP contribution in [0.1, 0.15) is 5.56 Å². The fourth-order valence-electron chi connectivity index (χ4n) is 2.52. The van der Waals surface area contributed by atoms with Gasteiger partial charge in [0.2, 0.25) is 0 Å². The van der Waals surface area contributed by atoms with Crippen LogP contribution in [-0.4, -0.2) is 34.7 Å². The predicted octanol–water partition coefficient (Wildman–Crippen LogP) is 2.75. The Morgan fingerprint density at radius 1 is 1.24 bits per heavy atom. The number of rotatable bonds is 5. The summed E-state index contributed by atoms with van der Waals surface area (Å²) in [6, 6.07) is 10.4. The molecule has 0 radical (unpaired) electrons. The smallest absolute Gasteiger partial charge is 0.269 e. The Balaban J connectivity index is 2.22. The van der Waals surface area contributed by atoms with Gasteiger partial charge in [0.1, 0.15) is 10.7 Å². The van der Waals surface area contributed by atoms with Gasteiger partial charge in [0, 0.05) is 31.2 Å². The summed E-state index contributed by atoms with van der Waals surface area (Å²) in [6.45, 7) is 0.0943. The monoisotopic (exact) mass is 361 g/mol. The molecule has 0 fully saturated rings. The van der Waals surface area contributed by atoms with Crippen LogP contribution in [0.2, 0.25) is 0 Å². The van der Waals surface area contributed by atoms with Gasteiger partial charge in [-0.1, -0.05) is 12.1 Å². The van der Waals surface area contributed by atoms with Crippen molar-refractivity contribution in [2.24, 2.45) is 0 Å². The van der Waals surface area contributed by atoms with Crippen LogP contribution < -0.4 is 0 Å². The van der Waals surface area contributed by atoms with Gasteiger partial charge in [-0.05, 0) is 35.9 Å². The van der Waals surface area contributed by atoms with Gasteiger partial charge < -0.3 is 5.21 Å². The summed E-state index contributed by atoms with van der Waals surface area (Å²) in [4.78, 5) is 3.83. The van der Waals surface area contributed by atoms with E-state index in [0.717, 1.165) is 9.04 Å². The van der Waals surface area contributed by atoms with Gasteiger partial charge in [0.05, 0.1) is 12.2 Å². The zero-order valence-corrected chi connectivity index (χ0v) is 14.2. The van der Waals surface area contributed by atoms with Crippen molar-refractivity contribution >= 4 is 10.0 Å². The minimum Gasteiger partial charge on any atom is -0.314 e. The van der Waals surface area contributed by atoms with E-state index in [4.69, 9.17) is 0 Å². The maximum atomic E-state index is 14.2. The molecule has 25 heavy (non-hydrogen) atoms. The van der Waals surface area contributed by atoms with Crippen molar-refractivity contribution in [1.29, 1.82) is 0 Å². The van der Waals surface area contributed by atoms with E-state index in [9.17, 15) is 18.0 Å². The molecular weight excluding hydrogens is 345 g/mol. The molecule has 0 saturated carbocycles. The number of hydrogen-bond donors (Lipinski definition) is 1. The highest BCUT2D eigenvalue weighted by Gasteiger charge is 2.23. The van der Waals surface area contributed by atoms with E-state index < -0.39 is 15.8 Å².